The van der Waals surface area contributed by atoms with Crippen LogP contribution in [0.2, 0.25) is 0 Å². The molecule has 2 N–H and O–H groups in total. The van der Waals surface area contributed by atoms with Gasteiger partial charge in [0, 0.05) is 23.8 Å². The largest absolute Gasteiger partial charge is 0.325 e. The average Bonchev–Trinajstić information content (AvgIpc) is 2.81. The molecule has 5 heteroatoms. The van der Waals surface area contributed by atoms with Crippen molar-refractivity contribution in [3.8, 4) is 0 Å². The van der Waals surface area contributed by atoms with Crippen LogP contribution in [0.15, 0.2) is 18.2 Å². The first kappa shape index (κ1) is 15.4. The van der Waals surface area contributed by atoms with Crippen molar-refractivity contribution in [1.29, 1.82) is 0 Å². The summed E-state index contributed by atoms with van der Waals surface area (Å²) in [7, 11) is 2.00. The topological polar surface area (TPSA) is 44.4 Å². The number of halogens is 1. The number of likely N-dealkylation sites (N-methyl/N-ethyl adjacent to an activating group) is 1. The van der Waals surface area contributed by atoms with Crippen LogP contribution in [0.3, 0.4) is 0 Å². The lowest BCUT2D eigenvalue weighted by atomic mass is 9.98. The van der Waals surface area contributed by atoms with Gasteiger partial charge in [-0.25, -0.2) is 4.39 Å². The first-order chi connectivity index (χ1) is 10.5. The summed E-state index contributed by atoms with van der Waals surface area (Å²) in [6.07, 6.45) is 4.73. The van der Waals surface area contributed by atoms with Crippen molar-refractivity contribution in [2.24, 2.45) is 0 Å². The predicted molar refractivity (Wildman–Crippen MR) is 85.4 cm³/mol. The molecule has 1 aromatic rings. The van der Waals surface area contributed by atoms with E-state index in [1.165, 1.54) is 18.9 Å². The molecule has 1 aromatic carbocycles. The highest BCUT2D eigenvalue weighted by atomic mass is 19.1. The van der Waals surface area contributed by atoms with Gasteiger partial charge in [0.2, 0.25) is 5.91 Å². The van der Waals surface area contributed by atoms with Crippen LogP contribution < -0.4 is 10.6 Å². The van der Waals surface area contributed by atoms with Crippen molar-refractivity contribution in [3.05, 3.63) is 29.6 Å². The number of nitrogens with one attached hydrogen (secondary N) is 2. The van der Waals surface area contributed by atoms with Crippen LogP contribution in [0.4, 0.5) is 10.1 Å². The van der Waals surface area contributed by atoms with Crippen LogP contribution in [-0.2, 0) is 4.79 Å². The molecule has 2 fully saturated rings. The van der Waals surface area contributed by atoms with Crippen molar-refractivity contribution in [3.63, 3.8) is 0 Å². The molecule has 0 aliphatic carbocycles. The molecular weight excluding hydrogens is 281 g/mol. The Morgan fingerprint density at radius 3 is 2.68 bits per heavy atom. The second-order valence-corrected chi connectivity index (χ2v) is 6.69. The molecule has 22 heavy (non-hydrogen) atoms. The van der Waals surface area contributed by atoms with E-state index in [0.29, 0.717) is 35.9 Å². The SMILES string of the molecule is Cc1ccc(NC(=O)CN(C)C2CC3CCC(C2)N3)cc1F. The van der Waals surface area contributed by atoms with E-state index in [1.54, 1.807) is 19.1 Å². The molecule has 4 nitrogen and oxygen atoms in total. The molecule has 2 saturated heterocycles. The van der Waals surface area contributed by atoms with Crippen molar-refractivity contribution >= 4 is 11.6 Å². The molecule has 120 valence electrons. The van der Waals surface area contributed by atoms with Crippen LogP contribution in [0.5, 0.6) is 0 Å². The van der Waals surface area contributed by atoms with Gasteiger partial charge < -0.3 is 10.6 Å². The van der Waals surface area contributed by atoms with E-state index in [2.05, 4.69) is 15.5 Å². The Balaban J connectivity index is 1.53. The molecule has 0 saturated carbocycles. The first-order valence-electron chi connectivity index (χ1n) is 8.03. The number of anilines is 1. The van der Waals surface area contributed by atoms with Gasteiger partial charge in [0.15, 0.2) is 0 Å². The summed E-state index contributed by atoms with van der Waals surface area (Å²) in [6.45, 7) is 2.06. The average molecular weight is 305 g/mol. The number of carbonyl (C=O) groups is 1. The zero-order chi connectivity index (χ0) is 15.7. The summed E-state index contributed by atoms with van der Waals surface area (Å²) in [5, 5.41) is 6.39. The number of benzene rings is 1. The molecule has 0 radical (unpaired) electrons. The second kappa shape index (κ2) is 6.34. The quantitative estimate of drug-likeness (QED) is 0.897. The Labute approximate surface area is 131 Å². The van der Waals surface area contributed by atoms with E-state index in [0.717, 1.165) is 12.8 Å². The molecular formula is C17H24FN3O. The summed E-state index contributed by atoms with van der Waals surface area (Å²) >= 11 is 0. The lowest BCUT2D eigenvalue weighted by Crippen LogP contribution is -2.48. The molecule has 2 atom stereocenters. The Kier molecular flexibility index (Phi) is 4.45. The molecule has 2 aliphatic heterocycles. The molecule has 2 aliphatic rings. The minimum atomic E-state index is -0.291. The number of amides is 1. The fraction of sp³-hybridized carbons (Fsp3) is 0.588. The highest BCUT2D eigenvalue weighted by Crippen LogP contribution is 2.29. The second-order valence-electron chi connectivity index (χ2n) is 6.69. The van der Waals surface area contributed by atoms with Crippen molar-refractivity contribution in [2.45, 2.75) is 50.7 Å². The third-order valence-corrected chi connectivity index (χ3v) is 4.92. The lowest BCUT2D eigenvalue weighted by Gasteiger charge is -2.35. The fourth-order valence-electron chi connectivity index (χ4n) is 3.61. The summed E-state index contributed by atoms with van der Waals surface area (Å²) in [5.41, 5.74) is 1.10. The molecule has 1 amide bonds. The molecule has 2 bridgehead atoms. The highest BCUT2D eigenvalue weighted by molar-refractivity contribution is 5.92. The minimum absolute atomic E-state index is 0.0865. The molecule has 3 rings (SSSR count). The number of fused-ring (bicyclic) bond motifs is 2. The number of rotatable bonds is 4. The van der Waals surface area contributed by atoms with Gasteiger partial charge in [0.05, 0.1) is 6.54 Å². The number of hydrogen-bond acceptors (Lipinski definition) is 3. The van der Waals surface area contributed by atoms with Gasteiger partial charge in [0.1, 0.15) is 5.82 Å². The van der Waals surface area contributed by atoms with Crippen LogP contribution >= 0.6 is 0 Å². The number of aryl methyl sites for hydroxylation is 1. The maximum Gasteiger partial charge on any atom is 0.238 e. The maximum atomic E-state index is 13.5. The molecule has 2 heterocycles. The summed E-state index contributed by atoms with van der Waals surface area (Å²) in [6, 6.07) is 6.47. The van der Waals surface area contributed by atoms with E-state index in [9.17, 15) is 9.18 Å². The smallest absolute Gasteiger partial charge is 0.238 e. The molecule has 0 aromatic heterocycles. The number of piperidine rings is 1. The first-order valence-corrected chi connectivity index (χ1v) is 8.03. The maximum absolute atomic E-state index is 13.5. The Bertz CT molecular complexity index is 551. The third kappa shape index (κ3) is 3.47. The minimum Gasteiger partial charge on any atom is -0.325 e. The van der Waals surface area contributed by atoms with Crippen molar-refractivity contribution in [2.75, 3.05) is 18.9 Å². The number of nitrogens with zero attached hydrogens (tertiary/aromatic N) is 1. The highest BCUT2D eigenvalue weighted by Gasteiger charge is 2.35. The van der Waals surface area contributed by atoms with Crippen molar-refractivity contribution in [1.82, 2.24) is 10.2 Å². The van der Waals surface area contributed by atoms with Gasteiger partial charge in [-0.05, 0) is 57.4 Å². The molecule has 2 unspecified atom stereocenters. The lowest BCUT2D eigenvalue weighted by molar-refractivity contribution is -0.117. The Morgan fingerprint density at radius 2 is 2.05 bits per heavy atom. The van der Waals surface area contributed by atoms with Gasteiger partial charge in [-0.2, -0.15) is 0 Å². The van der Waals surface area contributed by atoms with Gasteiger partial charge >= 0.3 is 0 Å². The summed E-state index contributed by atoms with van der Waals surface area (Å²) in [4.78, 5) is 14.3. The van der Waals surface area contributed by atoms with Crippen LogP contribution in [-0.4, -0.2) is 42.5 Å². The summed E-state index contributed by atoms with van der Waals surface area (Å²) in [5.74, 6) is -0.377. The van der Waals surface area contributed by atoms with Gasteiger partial charge in [0.25, 0.3) is 0 Å². The van der Waals surface area contributed by atoms with E-state index < -0.39 is 0 Å². The molecule has 0 spiro atoms. The summed E-state index contributed by atoms with van der Waals surface area (Å²) < 4.78 is 13.5. The monoisotopic (exact) mass is 305 g/mol. The van der Waals surface area contributed by atoms with E-state index in [4.69, 9.17) is 0 Å². The predicted octanol–water partition coefficient (Wildman–Crippen LogP) is 2.29. The Hall–Kier alpha value is -1.46. The fourth-order valence-corrected chi connectivity index (χ4v) is 3.61. The zero-order valence-electron chi connectivity index (χ0n) is 13.2. The number of carbonyl (C=O) groups excluding carboxylic acids is 1. The van der Waals surface area contributed by atoms with E-state index in [1.807, 2.05) is 7.05 Å². The zero-order valence-corrected chi connectivity index (χ0v) is 13.2. The van der Waals surface area contributed by atoms with Crippen LogP contribution in [0.25, 0.3) is 0 Å². The van der Waals surface area contributed by atoms with Gasteiger partial charge in [-0.3, -0.25) is 9.69 Å². The van der Waals surface area contributed by atoms with E-state index >= 15 is 0 Å². The van der Waals surface area contributed by atoms with Crippen LogP contribution in [0.1, 0.15) is 31.2 Å². The third-order valence-electron chi connectivity index (χ3n) is 4.92. The van der Waals surface area contributed by atoms with E-state index in [-0.39, 0.29) is 11.7 Å². The van der Waals surface area contributed by atoms with Crippen molar-refractivity contribution < 1.29 is 9.18 Å². The van der Waals surface area contributed by atoms with Gasteiger partial charge in [-0.15, -0.1) is 0 Å². The standard InChI is InChI=1S/C17H24FN3O/c1-11-3-4-14(9-16(11)18)20-17(22)10-21(2)15-7-12-5-6-13(8-15)19-12/h3-4,9,12-13,15,19H,5-8,10H2,1-2H3,(H,20,22). The Morgan fingerprint density at radius 1 is 1.36 bits per heavy atom. The number of hydrogen-bond donors (Lipinski definition) is 2. The van der Waals surface area contributed by atoms with Crippen LogP contribution in [0, 0.1) is 12.7 Å². The van der Waals surface area contributed by atoms with Gasteiger partial charge in [-0.1, -0.05) is 6.07 Å². The normalized spacial score (nSPS) is 27.2.